The zero-order chi connectivity index (χ0) is 12.1. The van der Waals surface area contributed by atoms with Gasteiger partial charge >= 0.3 is 0 Å². The van der Waals surface area contributed by atoms with Crippen LogP contribution in [0.25, 0.3) is 0 Å². The Hall–Kier alpha value is -0.763. The molecule has 0 heterocycles. The number of hydrogen-bond acceptors (Lipinski definition) is 1. The van der Waals surface area contributed by atoms with Gasteiger partial charge in [-0.2, -0.15) is 0 Å². The fourth-order valence-electron chi connectivity index (χ4n) is 1.24. The fraction of sp³-hybridized carbons (Fsp3) is 0.571. The smallest absolute Gasteiger partial charge is 0.243 e. The van der Waals surface area contributed by atoms with Crippen molar-refractivity contribution in [2.24, 2.45) is 0 Å². The molecule has 92 valence electrons. The van der Waals surface area contributed by atoms with Gasteiger partial charge in [0.25, 0.3) is 0 Å². The number of hydrogen-bond donors (Lipinski definition) is 0. The van der Waals surface area contributed by atoms with Crippen LogP contribution in [0.15, 0.2) is 35.8 Å². The van der Waals surface area contributed by atoms with Gasteiger partial charge < -0.3 is 4.43 Å². The van der Waals surface area contributed by atoms with E-state index in [1.54, 1.807) is 0 Å². The minimum atomic E-state index is -0.470. The summed E-state index contributed by atoms with van der Waals surface area (Å²) in [5.74, 6) is 0. The summed E-state index contributed by atoms with van der Waals surface area (Å²) in [5, 5.41) is 0. The second-order valence-corrected chi connectivity index (χ2v) is 5.30. The van der Waals surface area contributed by atoms with E-state index in [0.717, 1.165) is 0 Å². The van der Waals surface area contributed by atoms with Crippen LogP contribution in [0.2, 0.25) is 0 Å². The molecule has 0 N–H and O–H groups in total. The van der Waals surface area contributed by atoms with Gasteiger partial charge in [0.1, 0.15) is 0 Å². The van der Waals surface area contributed by atoms with Crippen molar-refractivity contribution in [1.82, 2.24) is 0 Å². The normalized spacial score (nSPS) is 11.9. The highest BCUT2D eigenvalue weighted by molar-refractivity contribution is 6.34. The van der Waals surface area contributed by atoms with Gasteiger partial charge in [0.05, 0.1) is 6.26 Å². The van der Waals surface area contributed by atoms with E-state index >= 15 is 0 Å². The molecule has 0 spiro atoms. The summed E-state index contributed by atoms with van der Waals surface area (Å²) in [6, 6.07) is 0. The summed E-state index contributed by atoms with van der Waals surface area (Å²) in [6.45, 7) is 6.46. The van der Waals surface area contributed by atoms with Crippen molar-refractivity contribution in [1.29, 1.82) is 0 Å². The molecule has 0 aromatic heterocycles. The average molecular weight is 238 g/mol. The van der Waals surface area contributed by atoms with Gasteiger partial charge in [-0.05, 0) is 32.8 Å². The van der Waals surface area contributed by atoms with E-state index in [4.69, 9.17) is 4.43 Å². The van der Waals surface area contributed by atoms with Gasteiger partial charge in [-0.15, -0.1) is 0 Å². The van der Waals surface area contributed by atoms with Crippen LogP contribution in [0.4, 0.5) is 0 Å². The van der Waals surface area contributed by atoms with Gasteiger partial charge in [-0.25, -0.2) is 0 Å². The molecule has 0 radical (unpaired) electrons. The Bertz CT molecular complexity index is 225. The van der Waals surface area contributed by atoms with Gasteiger partial charge in [0, 0.05) is 0 Å². The van der Waals surface area contributed by atoms with Crippen molar-refractivity contribution >= 4 is 9.76 Å². The molecule has 0 fully saturated rings. The molecule has 0 aromatic rings. The Labute approximate surface area is 103 Å². The highest BCUT2D eigenvalue weighted by atomic mass is 28.2. The maximum Gasteiger partial charge on any atom is 0.243 e. The Balaban J connectivity index is 3.31. The maximum atomic E-state index is 5.42. The number of unbranched alkanes of at least 4 members (excludes halogenated alkanes) is 4. The summed E-state index contributed by atoms with van der Waals surface area (Å²) in [5.41, 5.74) is 3.56. The summed E-state index contributed by atoms with van der Waals surface area (Å²) >= 11 is 0. The molecule has 1 nitrogen and oxygen atoms in total. The van der Waals surface area contributed by atoms with Crippen molar-refractivity contribution in [2.45, 2.75) is 52.9 Å². The minimum absolute atomic E-state index is 0.470. The Morgan fingerprint density at radius 3 is 2.62 bits per heavy atom. The highest BCUT2D eigenvalue weighted by Gasteiger charge is 1.83. The SMILES string of the molecule is CCCCCCC=CC=CO[SiH2]C=C(C)C. The first-order valence-electron chi connectivity index (χ1n) is 6.34. The quantitative estimate of drug-likeness (QED) is 0.255. The monoisotopic (exact) mass is 238 g/mol. The van der Waals surface area contributed by atoms with Gasteiger partial charge in [0.2, 0.25) is 9.76 Å². The van der Waals surface area contributed by atoms with Crippen LogP contribution in [0.1, 0.15) is 52.9 Å². The van der Waals surface area contributed by atoms with Gasteiger partial charge in [0.15, 0.2) is 0 Å². The largest absolute Gasteiger partial charge is 0.551 e. The summed E-state index contributed by atoms with van der Waals surface area (Å²) < 4.78 is 5.42. The summed E-state index contributed by atoms with van der Waals surface area (Å²) in [7, 11) is -0.470. The van der Waals surface area contributed by atoms with Crippen molar-refractivity contribution in [3.63, 3.8) is 0 Å². The maximum absolute atomic E-state index is 5.42. The molecule has 0 aliphatic heterocycles. The predicted octanol–water partition coefficient (Wildman–Crippen LogP) is 4.05. The van der Waals surface area contributed by atoms with E-state index < -0.39 is 9.76 Å². The molecule has 0 aromatic carbocycles. The summed E-state index contributed by atoms with van der Waals surface area (Å²) in [4.78, 5) is 0. The lowest BCUT2D eigenvalue weighted by atomic mass is 10.1. The number of allylic oxidation sites excluding steroid dienone is 4. The molecule has 0 aliphatic rings. The molecule has 0 rings (SSSR count). The molecule has 0 atom stereocenters. The van der Waals surface area contributed by atoms with Crippen molar-refractivity contribution < 1.29 is 4.43 Å². The van der Waals surface area contributed by atoms with Crippen LogP contribution in [-0.4, -0.2) is 9.76 Å². The van der Waals surface area contributed by atoms with Crippen LogP contribution < -0.4 is 0 Å². The van der Waals surface area contributed by atoms with E-state index in [1.807, 2.05) is 12.3 Å². The standard InChI is InChI=1S/C14H26OSi/c1-4-5-6-7-8-9-10-11-12-15-16-13-14(2)3/h9-13H,4-8,16H2,1-3H3. The number of rotatable bonds is 9. The molecular formula is C14H26OSi. The molecule has 2 heteroatoms. The van der Waals surface area contributed by atoms with Crippen molar-refractivity contribution in [3.05, 3.63) is 35.8 Å². The topological polar surface area (TPSA) is 9.23 Å². The second-order valence-electron chi connectivity index (χ2n) is 4.22. The van der Waals surface area contributed by atoms with Gasteiger partial charge in [-0.3, -0.25) is 0 Å². The molecular weight excluding hydrogens is 212 g/mol. The molecule has 0 saturated carbocycles. The Morgan fingerprint density at radius 2 is 1.94 bits per heavy atom. The molecule has 0 amide bonds. The minimum Gasteiger partial charge on any atom is -0.551 e. The van der Waals surface area contributed by atoms with Crippen LogP contribution in [0.3, 0.4) is 0 Å². The van der Waals surface area contributed by atoms with Crippen LogP contribution in [-0.2, 0) is 4.43 Å². The van der Waals surface area contributed by atoms with Crippen molar-refractivity contribution in [2.75, 3.05) is 0 Å². The lowest BCUT2D eigenvalue weighted by molar-refractivity contribution is 0.523. The first kappa shape index (κ1) is 15.2. The molecule has 0 saturated heterocycles. The average Bonchev–Trinajstić information content (AvgIpc) is 2.25. The van der Waals surface area contributed by atoms with E-state index in [2.05, 4.69) is 38.6 Å². The first-order valence-corrected chi connectivity index (χ1v) is 7.73. The first-order chi connectivity index (χ1) is 7.77. The van der Waals surface area contributed by atoms with E-state index in [-0.39, 0.29) is 0 Å². The second kappa shape index (κ2) is 12.3. The summed E-state index contributed by atoms with van der Waals surface area (Å²) in [6.07, 6.45) is 14.6. The Kier molecular flexibility index (Phi) is 11.7. The third-order valence-corrected chi connectivity index (χ3v) is 3.60. The zero-order valence-electron chi connectivity index (χ0n) is 11.0. The Morgan fingerprint density at radius 1 is 1.12 bits per heavy atom. The lowest BCUT2D eigenvalue weighted by Crippen LogP contribution is -1.87. The predicted molar refractivity (Wildman–Crippen MR) is 76.1 cm³/mol. The van der Waals surface area contributed by atoms with Crippen LogP contribution in [0, 0.1) is 0 Å². The molecule has 0 bridgehead atoms. The third-order valence-electron chi connectivity index (χ3n) is 2.23. The van der Waals surface area contributed by atoms with Crippen LogP contribution in [0.5, 0.6) is 0 Å². The van der Waals surface area contributed by atoms with Crippen LogP contribution >= 0.6 is 0 Å². The third kappa shape index (κ3) is 13.2. The van der Waals surface area contributed by atoms with E-state index in [1.165, 1.54) is 37.7 Å². The molecule has 0 aliphatic carbocycles. The van der Waals surface area contributed by atoms with Gasteiger partial charge in [-0.1, -0.05) is 49.6 Å². The van der Waals surface area contributed by atoms with E-state index in [0.29, 0.717) is 0 Å². The van der Waals surface area contributed by atoms with Crippen molar-refractivity contribution in [3.8, 4) is 0 Å². The zero-order valence-corrected chi connectivity index (χ0v) is 12.5. The van der Waals surface area contributed by atoms with E-state index in [9.17, 15) is 0 Å². The highest BCUT2D eigenvalue weighted by Crippen LogP contribution is 2.02. The molecule has 0 unspecified atom stereocenters. The molecule has 16 heavy (non-hydrogen) atoms. The fourth-order valence-corrected chi connectivity index (χ4v) is 1.89. The lowest BCUT2D eigenvalue weighted by Gasteiger charge is -1.94.